The molecule has 0 heteroatoms. The zero-order chi connectivity index (χ0) is 6.85. The lowest BCUT2D eigenvalue weighted by Gasteiger charge is -2.08. The normalized spacial score (nSPS) is 35.6. The predicted octanol–water partition coefficient (Wildman–Crippen LogP) is 3.00. The summed E-state index contributed by atoms with van der Waals surface area (Å²) in [6.45, 7) is 8.63. The van der Waals surface area contributed by atoms with Gasteiger partial charge in [0.05, 0.1) is 0 Å². The van der Waals surface area contributed by atoms with Gasteiger partial charge < -0.3 is 0 Å². The van der Waals surface area contributed by atoms with Crippen LogP contribution in [0, 0.1) is 11.8 Å². The Morgan fingerprint density at radius 3 is 2.44 bits per heavy atom. The van der Waals surface area contributed by atoms with E-state index in [1.807, 2.05) is 0 Å². The Bertz CT molecular complexity index is 113. The van der Waals surface area contributed by atoms with Crippen LogP contribution in [0.3, 0.4) is 0 Å². The summed E-state index contributed by atoms with van der Waals surface area (Å²) in [6, 6.07) is 0. The van der Waals surface area contributed by atoms with Gasteiger partial charge in [-0.15, -0.1) is 0 Å². The summed E-state index contributed by atoms with van der Waals surface area (Å²) in [7, 11) is 0. The van der Waals surface area contributed by atoms with E-state index in [1.165, 1.54) is 24.8 Å². The fourth-order valence-electron chi connectivity index (χ4n) is 1.69. The van der Waals surface area contributed by atoms with E-state index in [0.29, 0.717) is 0 Å². The van der Waals surface area contributed by atoms with Gasteiger partial charge in [-0.25, -0.2) is 0 Å². The van der Waals surface area contributed by atoms with E-state index in [4.69, 9.17) is 0 Å². The van der Waals surface area contributed by atoms with E-state index in [2.05, 4.69) is 20.4 Å². The molecule has 1 fully saturated rings. The number of hydrogen-bond donors (Lipinski definition) is 0. The van der Waals surface area contributed by atoms with Gasteiger partial charge in [0.25, 0.3) is 0 Å². The van der Waals surface area contributed by atoms with Gasteiger partial charge in [0.2, 0.25) is 0 Å². The minimum absolute atomic E-state index is 0.801. The maximum atomic E-state index is 4.09. The third-order valence-electron chi connectivity index (χ3n) is 2.60. The van der Waals surface area contributed by atoms with Crippen molar-refractivity contribution in [1.29, 1.82) is 0 Å². The summed E-state index contributed by atoms with van der Waals surface area (Å²) >= 11 is 0. The highest BCUT2D eigenvalue weighted by atomic mass is 14.3. The minimum Gasteiger partial charge on any atom is -0.0993 e. The smallest absolute Gasteiger partial charge is 0.0206 e. The van der Waals surface area contributed by atoms with Gasteiger partial charge in [0.1, 0.15) is 0 Å². The van der Waals surface area contributed by atoms with Crippen LogP contribution in [0.25, 0.3) is 0 Å². The predicted molar refractivity (Wildman–Crippen MR) is 41.3 cm³/mol. The van der Waals surface area contributed by atoms with Gasteiger partial charge in [-0.05, 0) is 31.1 Å². The standard InChI is InChI=1S/C9H16/c1-4-9-6-5-7(2)8(9)3/h7,9H,3-6H2,1-2H3/t7-,9?/m0/s1. The SMILES string of the molecule is C=C1C(CC)CC[C@@H]1C. The van der Waals surface area contributed by atoms with Crippen LogP contribution in [0.15, 0.2) is 12.2 Å². The van der Waals surface area contributed by atoms with E-state index in [1.54, 1.807) is 0 Å². The Hall–Kier alpha value is -0.260. The summed E-state index contributed by atoms with van der Waals surface area (Å²) in [4.78, 5) is 0. The van der Waals surface area contributed by atoms with E-state index in [9.17, 15) is 0 Å². The van der Waals surface area contributed by atoms with Gasteiger partial charge in [-0.2, -0.15) is 0 Å². The van der Waals surface area contributed by atoms with Crippen LogP contribution in [0.5, 0.6) is 0 Å². The average Bonchev–Trinajstić information content (AvgIpc) is 2.15. The molecule has 1 aliphatic rings. The Kier molecular flexibility index (Phi) is 1.94. The van der Waals surface area contributed by atoms with Crippen molar-refractivity contribution in [2.24, 2.45) is 11.8 Å². The van der Waals surface area contributed by atoms with Gasteiger partial charge in [0.15, 0.2) is 0 Å². The van der Waals surface area contributed by atoms with E-state index < -0.39 is 0 Å². The molecule has 0 N–H and O–H groups in total. The molecule has 0 bridgehead atoms. The van der Waals surface area contributed by atoms with E-state index >= 15 is 0 Å². The first-order valence-corrected chi connectivity index (χ1v) is 3.94. The molecule has 1 unspecified atom stereocenters. The Balaban J connectivity index is 2.51. The molecule has 0 aromatic heterocycles. The maximum absolute atomic E-state index is 4.09. The third-order valence-corrected chi connectivity index (χ3v) is 2.60. The summed E-state index contributed by atoms with van der Waals surface area (Å²) in [5, 5.41) is 0. The molecule has 0 heterocycles. The first-order valence-electron chi connectivity index (χ1n) is 3.94. The van der Waals surface area contributed by atoms with Crippen molar-refractivity contribution in [3.63, 3.8) is 0 Å². The van der Waals surface area contributed by atoms with E-state index in [0.717, 1.165) is 11.8 Å². The van der Waals surface area contributed by atoms with Crippen LogP contribution in [-0.2, 0) is 0 Å². The molecule has 0 spiro atoms. The van der Waals surface area contributed by atoms with Crippen LogP contribution >= 0.6 is 0 Å². The first-order chi connectivity index (χ1) is 4.25. The van der Waals surface area contributed by atoms with E-state index in [-0.39, 0.29) is 0 Å². The molecule has 52 valence electrons. The maximum Gasteiger partial charge on any atom is -0.0206 e. The van der Waals surface area contributed by atoms with Crippen molar-refractivity contribution in [3.8, 4) is 0 Å². The zero-order valence-corrected chi connectivity index (χ0v) is 6.48. The molecule has 1 aliphatic carbocycles. The molecule has 1 rings (SSSR count). The second kappa shape index (κ2) is 2.55. The summed E-state index contributed by atoms with van der Waals surface area (Å²) < 4.78 is 0. The number of rotatable bonds is 1. The van der Waals surface area contributed by atoms with Crippen LogP contribution in [0.1, 0.15) is 33.1 Å². The third kappa shape index (κ3) is 1.17. The van der Waals surface area contributed by atoms with Gasteiger partial charge in [-0.1, -0.05) is 26.0 Å². The largest absolute Gasteiger partial charge is 0.0993 e. The quantitative estimate of drug-likeness (QED) is 0.471. The average molecular weight is 124 g/mol. The number of allylic oxidation sites excluding steroid dienone is 1. The lowest BCUT2D eigenvalue weighted by atomic mass is 9.98. The van der Waals surface area contributed by atoms with Gasteiger partial charge in [0, 0.05) is 0 Å². The fourth-order valence-corrected chi connectivity index (χ4v) is 1.69. The Labute approximate surface area is 58.0 Å². The summed E-state index contributed by atoms with van der Waals surface area (Å²) in [6.07, 6.45) is 4.05. The molecule has 1 saturated carbocycles. The Morgan fingerprint density at radius 2 is 2.22 bits per heavy atom. The van der Waals surface area contributed by atoms with Crippen molar-refractivity contribution >= 4 is 0 Å². The van der Waals surface area contributed by atoms with Crippen molar-refractivity contribution in [2.75, 3.05) is 0 Å². The minimum atomic E-state index is 0.801. The monoisotopic (exact) mass is 124 g/mol. The molecule has 2 atom stereocenters. The molecule has 0 aliphatic heterocycles. The molecule has 0 aromatic rings. The zero-order valence-electron chi connectivity index (χ0n) is 6.48. The van der Waals surface area contributed by atoms with Crippen molar-refractivity contribution in [3.05, 3.63) is 12.2 Å². The molecule has 0 nitrogen and oxygen atoms in total. The second-order valence-corrected chi connectivity index (χ2v) is 3.16. The Morgan fingerprint density at radius 1 is 1.56 bits per heavy atom. The highest BCUT2D eigenvalue weighted by molar-refractivity contribution is 5.09. The summed E-state index contributed by atoms with van der Waals surface area (Å²) in [5.74, 6) is 1.65. The van der Waals surface area contributed by atoms with Gasteiger partial charge in [-0.3, -0.25) is 0 Å². The fraction of sp³-hybridized carbons (Fsp3) is 0.778. The van der Waals surface area contributed by atoms with Crippen molar-refractivity contribution in [1.82, 2.24) is 0 Å². The summed E-state index contributed by atoms with van der Waals surface area (Å²) in [5.41, 5.74) is 1.50. The number of hydrogen-bond acceptors (Lipinski definition) is 0. The van der Waals surface area contributed by atoms with Crippen molar-refractivity contribution < 1.29 is 0 Å². The molecule has 0 amide bonds. The highest BCUT2D eigenvalue weighted by Crippen LogP contribution is 2.36. The first kappa shape index (κ1) is 6.85. The van der Waals surface area contributed by atoms with Gasteiger partial charge >= 0.3 is 0 Å². The molecule has 0 radical (unpaired) electrons. The van der Waals surface area contributed by atoms with Crippen LogP contribution < -0.4 is 0 Å². The molecule has 9 heavy (non-hydrogen) atoms. The highest BCUT2D eigenvalue weighted by Gasteiger charge is 2.23. The van der Waals surface area contributed by atoms with Crippen LogP contribution in [0.4, 0.5) is 0 Å². The van der Waals surface area contributed by atoms with Crippen LogP contribution in [-0.4, -0.2) is 0 Å². The van der Waals surface area contributed by atoms with Crippen molar-refractivity contribution in [2.45, 2.75) is 33.1 Å². The lowest BCUT2D eigenvalue weighted by molar-refractivity contribution is 0.607. The lowest BCUT2D eigenvalue weighted by Crippen LogP contribution is -1.95. The van der Waals surface area contributed by atoms with Crippen LogP contribution in [0.2, 0.25) is 0 Å². The molecular formula is C9H16. The molecular weight excluding hydrogens is 108 g/mol. The molecule has 0 saturated heterocycles. The molecule has 0 aromatic carbocycles. The second-order valence-electron chi connectivity index (χ2n) is 3.16. The topological polar surface area (TPSA) is 0 Å².